The second kappa shape index (κ2) is 9.17. The van der Waals surface area contributed by atoms with E-state index in [9.17, 15) is 14.7 Å². The topological polar surface area (TPSA) is 75.6 Å². The molecule has 0 unspecified atom stereocenters. The second-order valence-corrected chi connectivity index (χ2v) is 9.84. The first kappa shape index (κ1) is 23.5. The van der Waals surface area contributed by atoms with Gasteiger partial charge in [0, 0.05) is 5.92 Å². The van der Waals surface area contributed by atoms with Crippen LogP contribution in [0.5, 0.6) is 0 Å². The normalized spacial score (nSPS) is 15.8. The number of allylic oxidation sites excluding steroid dienone is 1. The number of aliphatic carboxylic acids is 1. The van der Waals surface area contributed by atoms with Crippen LogP contribution in [0.3, 0.4) is 0 Å². The summed E-state index contributed by atoms with van der Waals surface area (Å²) in [5.41, 5.74) is 3.77. The number of fused-ring (bicyclic) bond motifs is 3. The Balaban J connectivity index is 1.75. The Morgan fingerprint density at radius 3 is 2.12 bits per heavy atom. The van der Waals surface area contributed by atoms with Crippen molar-refractivity contribution >= 4 is 12.1 Å². The van der Waals surface area contributed by atoms with Crippen LogP contribution in [0, 0.1) is 5.41 Å². The molecule has 0 bridgehead atoms. The van der Waals surface area contributed by atoms with Gasteiger partial charge in [-0.3, -0.25) is 0 Å². The number of carbonyl (C=O) groups excluding carboxylic acids is 1. The van der Waals surface area contributed by atoms with Gasteiger partial charge in [0.05, 0.1) is 33.1 Å². The van der Waals surface area contributed by atoms with Crippen LogP contribution in [0.1, 0.15) is 30.4 Å². The molecule has 1 aliphatic rings. The molecule has 0 heterocycles. The molecule has 2 N–H and O–H groups in total. The summed E-state index contributed by atoms with van der Waals surface area (Å²) in [6, 6.07) is 15.1. The van der Waals surface area contributed by atoms with Gasteiger partial charge in [0.25, 0.3) is 0 Å². The number of amides is 1. The minimum atomic E-state index is -1.10. The molecule has 32 heavy (non-hydrogen) atoms. The van der Waals surface area contributed by atoms with Gasteiger partial charge in [0.2, 0.25) is 0 Å². The zero-order valence-electron chi connectivity index (χ0n) is 19.3. The van der Waals surface area contributed by atoms with E-state index >= 15 is 0 Å². The van der Waals surface area contributed by atoms with Crippen LogP contribution < -0.4 is 5.32 Å². The monoisotopic (exact) mass is 437 g/mol. The molecule has 2 aromatic carbocycles. The van der Waals surface area contributed by atoms with Gasteiger partial charge in [-0.05, 0) is 28.7 Å². The fourth-order valence-electron chi connectivity index (χ4n) is 4.98. The van der Waals surface area contributed by atoms with Crippen LogP contribution >= 0.6 is 0 Å². The van der Waals surface area contributed by atoms with Crippen molar-refractivity contribution in [2.45, 2.75) is 25.3 Å². The lowest BCUT2D eigenvalue weighted by molar-refractivity contribution is -0.877. The molecule has 1 amide bonds. The predicted molar refractivity (Wildman–Crippen MR) is 125 cm³/mol. The minimum Gasteiger partial charge on any atom is -0.480 e. The summed E-state index contributed by atoms with van der Waals surface area (Å²) in [5, 5.41) is 12.5. The van der Waals surface area contributed by atoms with Gasteiger partial charge in [0.1, 0.15) is 12.6 Å². The van der Waals surface area contributed by atoms with E-state index in [-0.39, 0.29) is 12.5 Å². The zero-order valence-corrected chi connectivity index (χ0v) is 19.3. The van der Waals surface area contributed by atoms with Crippen molar-refractivity contribution in [3.63, 3.8) is 0 Å². The first-order valence-electron chi connectivity index (χ1n) is 10.8. The summed E-state index contributed by atoms with van der Waals surface area (Å²) in [4.78, 5) is 24.8. The Morgan fingerprint density at radius 1 is 1.12 bits per heavy atom. The molecule has 0 fully saturated rings. The van der Waals surface area contributed by atoms with Crippen LogP contribution in [-0.2, 0) is 9.53 Å². The van der Waals surface area contributed by atoms with Gasteiger partial charge in [-0.25, -0.2) is 9.59 Å². The lowest BCUT2D eigenvalue weighted by atomic mass is 9.78. The molecule has 0 aromatic heterocycles. The first-order valence-corrected chi connectivity index (χ1v) is 10.8. The van der Waals surface area contributed by atoms with Crippen molar-refractivity contribution in [3.8, 4) is 11.1 Å². The fraction of sp³-hybridized carbons (Fsp3) is 0.385. The van der Waals surface area contributed by atoms with Gasteiger partial charge in [-0.15, -0.1) is 6.58 Å². The largest absolute Gasteiger partial charge is 0.480 e. The maximum Gasteiger partial charge on any atom is 0.407 e. The molecule has 6 heteroatoms. The number of alkyl carbamates (subject to hydrolysis) is 1. The van der Waals surface area contributed by atoms with E-state index in [0.717, 1.165) is 22.3 Å². The number of rotatable bonds is 9. The van der Waals surface area contributed by atoms with Gasteiger partial charge >= 0.3 is 12.1 Å². The number of carboxylic acids is 1. The third-order valence-corrected chi connectivity index (χ3v) is 6.00. The number of quaternary nitrogens is 1. The molecule has 0 radical (unpaired) electrons. The van der Waals surface area contributed by atoms with Crippen molar-refractivity contribution < 1.29 is 23.9 Å². The summed E-state index contributed by atoms with van der Waals surface area (Å²) in [7, 11) is 5.98. The van der Waals surface area contributed by atoms with E-state index in [4.69, 9.17) is 4.74 Å². The van der Waals surface area contributed by atoms with Gasteiger partial charge in [-0.2, -0.15) is 0 Å². The highest BCUT2D eigenvalue weighted by atomic mass is 16.5. The molecule has 0 saturated carbocycles. The average molecular weight is 438 g/mol. The predicted octanol–water partition coefficient (Wildman–Crippen LogP) is 4.27. The summed E-state index contributed by atoms with van der Waals surface area (Å²) in [6.07, 6.45) is 1.42. The Bertz CT molecular complexity index is 965. The zero-order chi connectivity index (χ0) is 23.5. The summed E-state index contributed by atoms with van der Waals surface area (Å²) in [5.74, 6) is -1.17. The summed E-state index contributed by atoms with van der Waals surface area (Å²) in [6.45, 7) is 6.33. The average Bonchev–Trinajstić information content (AvgIpc) is 3.03. The third-order valence-electron chi connectivity index (χ3n) is 6.00. The van der Waals surface area contributed by atoms with Gasteiger partial charge < -0.3 is 19.6 Å². The summed E-state index contributed by atoms with van der Waals surface area (Å²) < 4.78 is 6.14. The quantitative estimate of drug-likeness (QED) is 0.454. The van der Waals surface area contributed by atoms with E-state index < -0.39 is 23.5 Å². The van der Waals surface area contributed by atoms with Gasteiger partial charge in [-0.1, -0.05) is 61.5 Å². The fourth-order valence-corrected chi connectivity index (χ4v) is 4.98. The number of nitrogens with zero attached hydrogens (tertiary/aromatic N) is 1. The van der Waals surface area contributed by atoms with Crippen molar-refractivity contribution in [3.05, 3.63) is 72.3 Å². The van der Waals surface area contributed by atoms with Crippen LogP contribution in [0.15, 0.2) is 61.2 Å². The Hall–Kier alpha value is -3.12. The SMILES string of the molecule is C=CC[C@@](C)(C[N+](C)(C)C)[C@@H](NC(=O)OCC1c2ccccc2-c2ccccc21)C(=O)O. The van der Waals surface area contributed by atoms with Crippen molar-refractivity contribution in [1.82, 2.24) is 5.32 Å². The van der Waals surface area contributed by atoms with E-state index in [2.05, 4.69) is 24.0 Å². The molecule has 0 aliphatic heterocycles. The Kier molecular flexibility index (Phi) is 6.74. The molecule has 1 aliphatic carbocycles. The molecular formula is C26H33N2O4+. The van der Waals surface area contributed by atoms with Crippen molar-refractivity contribution in [2.75, 3.05) is 34.3 Å². The smallest absolute Gasteiger partial charge is 0.407 e. The van der Waals surface area contributed by atoms with Crippen molar-refractivity contribution in [2.24, 2.45) is 5.41 Å². The van der Waals surface area contributed by atoms with Crippen molar-refractivity contribution in [1.29, 1.82) is 0 Å². The van der Waals surface area contributed by atoms with Gasteiger partial charge in [0.15, 0.2) is 0 Å². The highest BCUT2D eigenvalue weighted by molar-refractivity contribution is 5.81. The van der Waals surface area contributed by atoms with E-state index in [1.165, 1.54) is 0 Å². The number of benzene rings is 2. The Morgan fingerprint density at radius 2 is 1.66 bits per heavy atom. The number of ether oxygens (including phenoxy) is 1. The van der Waals surface area contributed by atoms with Crippen LogP contribution in [0.4, 0.5) is 4.79 Å². The maximum absolute atomic E-state index is 12.7. The second-order valence-electron chi connectivity index (χ2n) is 9.84. The molecule has 0 spiro atoms. The molecule has 3 rings (SSSR count). The van der Waals surface area contributed by atoms with E-state index in [1.54, 1.807) is 6.08 Å². The lowest BCUT2D eigenvalue weighted by Crippen LogP contribution is -2.57. The third kappa shape index (κ3) is 5.02. The maximum atomic E-state index is 12.7. The number of hydrogen-bond acceptors (Lipinski definition) is 3. The van der Waals surface area contributed by atoms with Crippen LogP contribution in [0.25, 0.3) is 11.1 Å². The highest BCUT2D eigenvalue weighted by Crippen LogP contribution is 2.44. The van der Waals surface area contributed by atoms with E-state index in [1.807, 2.05) is 64.5 Å². The van der Waals surface area contributed by atoms with Crippen LogP contribution in [0.2, 0.25) is 0 Å². The molecule has 6 nitrogen and oxygen atoms in total. The number of carboxylic acid groups (broad SMARTS) is 1. The van der Waals surface area contributed by atoms with E-state index in [0.29, 0.717) is 17.4 Å². The molecule has 170 valence electrons. The highest BCUT2D eigenvalue weighted by Gasteiger charge is 2.44. The molecule has 0 saturated heterocycles. The Labute approximate surface area is 190 Å². The first-order chi connectivity index (χ1) is 15.1. The van der Waals surface area contributed by atoms with Crippen LogP contribution in [-0.4, -0.2) is 62.0 Å². The number of hydrogen-bond donors (Lipinski definition) is 2. The molecular weight excluding hydrogens is 404 g/mol. The molecule has 2 aromatic rings. The number of nitrogens with one attached hydrogen (secondary N) is 1. The summed E-state index contributed by atoms with van der Waals surface area (Å²) >= 11 is 0. The number of carbonyl (C=O) groups is 2. The lowest BCUT2D eigenvalue weighted by Gasteiger charge is -2.39. The minimum absolute atomic E-state index is 0.0813. The molecule has 2 atom stereocenters. The standard InChI is InChI=1S/C26H32N2O4/c1-6-15-26(2,17-28(3,4)5)23(24(29)30)27-25(31)32-16-22-20-13-9-7-11-18(20)19-12-8-10-14-21(19)22/h6-14,22-23H,1,15-17H2,2-5H3,(H-,27,29,30,31)/p+1/t23-,26-/m0/s1.